The predicted octanol–water partition coefficient (Wildman–Crippen LogP) is 2.27. The Labute approximate surface area is 110 Å². The largest absolute Gasteiger partial charge is 0.393 e. The number of aryl methyl sites for hydroxylation is 1. The Balaban J connectivity index is 2.21. The molecule has 3 nitrogen and oxygen atoms in total. The molecule has 0 radical (unpaired) electrons. The molecule has 0 bridgehead atoms. The van der Waals surface area contributed by atoms with Gasteiger partial charge in [0.2, 0.25) is 5.91 Å². The molecule has 0 aliphatic heterocycles. The Morgan fingerprint density at radius 2 is 2.06 bits per heavy atom. The van der Waals surface area contributed by atoms with Gasteiger partial charge in [-0.25, -0.2) is 0 Å². The van der Waals surface area contributed by atoms with Gasteiger partial charge in [-0.05, 0) is 37.5 Å². The van der Waals surface area contributed by atoms with Gasteiger partial charge in [0, 0.05) is 17.4 Å². The molecule has 0 spiro atoms. The van der Waals surface area contributed by atoms with Crippen molar-refractivity contribution in [2.45, 2.75) is 32.3 Å². The fourth-order valence-corrected chi connectivity index (χ4v) is 1.68. The van der Waals surface area contributed by atoms with Crippen molar-refractivity contribution in [1.82, 2.24) is 5.32 Å². The number of halogens is 1. The van der Waals surface area contributed by atoms with Gasteiger partial charge in [0.25, 0.3) is 0 Å². The van der Waals surface area contributed by atoms with Crippen LogP contribution in [0.15, 0.2) is 28.7 Å². The zero-order chi connectivity index (χ0) is 12.7. The van der Waals surface area contributed by atoms with Crippen LogP contribution in [0, 0.1) is 0 Å². The highest BCUT2D eigenvalue weighted by molar-refractivity contribution is 9.10. The van der Waals surface area contributed by atoms with Crippen molar-refractivity contribution in [3.05, 3.63) is 34.3 Å². The molecule has 1 unspecified atom stereocenters. The molecule has 0 aromatic heterocycles. The normalized spacial score (nSPS) is 12.2. The summed E-state index contributed by atoms with van der Waals surface area (Å²) in [5, 5.41) is 11.8. The van der Waals surface area contributed by atoms with E-state index in [0.717, 1.165) is 16.5 Å². The van der Waals surface area contributed by atoms with Gasteiger partial charge in [0.1, 0.15) is 0 Å². The first-order chi connectivity index (χ1) is 8.08. The molecule has 1 aromatic rings. The number of hydrogen-bond acceptors (Lipinski definition) is 2. The Morgan fingerprint density at radius 3 is 2.65 bits per heavy atom. The number of carbonyl (C=O) groups is 1. The van der Waals surface area contributed by atoms with Crippen molar-refractivity contribution >= 4 is 21.8 Å². The van der Waals surface area contributed by atoms with E-state index < -0.39 is 0 Å². The number of nitrogens with one attached hydrogen (secondary N) is 1. The van der Waals surface area contributed by atoms with E-state index >= 15 is 0 Å². The maximum absolute atomic E-state index is 11.5. The number of carbonyl (C=O) groups excluding carboxylic acids is 1. The standard InChI is InChI=1S/C13H18BrNO2/c1-10(16)8-9-15-13(17)7-4-11-2-5-12(14)6-3-11/h2-3,5-6,10,16H,4,7-9H2,1H3,(H,15,17). The van der Waals surface area contributed by atoms with Gasteiger partial charge in [0.05, 0.1) is 6.10 Å². The van der Waals surface area contributed by atoms with E-state index in [1.54, 1.807) is 6.92 Å². The molecule has 0 heterocycles. The lowest BCUT2D eigenvalue weighted by Gasteiger charge is -2.06. The fourth-order valence-electron chi connectivity index (χ4n) is 1.42. The number of amides is 1. The van der Waals surface area contributed by atoms with E-state index in [-0.39, 0.29) is 12.0 Å². The van der Waals surface area contributed by atoms with Crippen molar-refractivity contribution in [1.29, 1.82) is 0 Å². The molecule has 1 amide bonds. The van der Waals surface area contributed by atoms with Crippen LogP contribution in [-0.2, 0) is 11.2 Å². The molecule has 0 fully saturated rings. The van der Waals surface area contributed by atoms with Crippen molar-refractivity contribution in [3.8, 4) is 0 Å². The molecule has 17 heavy (non-hydrogen) atoms. The molecule has 2 N–H and O–H groups in total. The van der Waals surface area contributed by atoms with Crippen LogP contribution in [0.3, 0.4) is 0 Å². The minimum atomic E-state index is -0.359. The van der Waals surface area contributed by atoms with E-state index in [4.69, 9.17) is 5.11 Å². The predicted molar refractivity (Wildman–Crippen MR) is 71.8 cm³/mol. The van der Waals surface area contributed by atoms with Crippen LogP contribution < -0.4 is 5.32 Å². The van der Waals surface area contributed by atoms with E-state index in [1.807, 2.05) is 24.3 Å². The molecule has 1 aromatic carbocycles. The molecule has 94 valence electrons. The number of aliphatic hydroxyl groups excluding tert-OH is 1. The van der Waals surface area contributed by atoms with Crippen molar-refractivity contribution in [2.75, 3.05) is 6.54 Å². The number of benzene rings is 1. The first-order valence-corrected chi connectivity index (χ1v) is 6.56. The quantitative estimate of drug-likeness (QED) is 0.846. The summed E-state index contributed by atoms with van der Waals surface area (Å²) in [6, 6.07) is 7.96. The lowest BCUT2D eigenvalue weighted by molar-refractivity contribution is -0.121. The van der Waals surface area contributed by atoms with Gasteiger partial charge in [-0.15, -0.1) is 0 Å². The Kier molecular flexibility index (Phi) is 6.22. The van der Waals surface area contributed by atoms with Gasteiger partial charge in [-0.3, -0.25) is 4.79 Å². The SMILES string of the molecule is CC(O)CCNC(=O)CCc1ccc(Br)cc1. The monoisotopic (exact) mass is 299 g/mol. The molecule has 0 saturated heterocycles. The molecule has 1 rings (SSSR count). The minimum absolute atomic E-state index is 0.0357. The smallest absolute Gasteiger partial charge is 0.220 e. The highest BCUT2D eigenvalue weighted by Crippen LogP contribution is 2.11. The lowest BCUT2D eigenvalue weighted by atomic mass is 10.1. The average molecular weight is 300 g/mol. The number of aliphatic hydroxyl groups is 1. The summed E-state index contributed by atoms with van der Waals surface area (Å²) in [5.41, 5.74) is 1.15. The summed E-state index contributed by atoms with van der Waals surface area (Å²) in [6.45, 7) is 2.25. The highest BCUT2D eigenvalue weighted by atomic mass is 79.9. The summed E-state index contributed by atoms with van der Waals surface area (Å²) < 4.78 is 1.04. The second kappa shape index (κ2) is 7.45. The summed E-state index contributed by atoms with van der Waals surface area (Å²) in [6.07, 6.45) is 1.47. The molecule has 0 aliphatic carbocycles. The van der Waals surface area contributed by atoms with Gasteiger partial charge >= 0.3 is 0 Å². The summed E-state index contributed by atoms with van der Waals surface area (Å²) in [4.78, 5) is 11.5. The zero-order valence-corrected chi connectivity index (χ0v) is 11.5. The van der Waals surface area contributed by atoms with Crippen molar-refractivity contribution in [2.24, 2.45) is 0 Å². The maximum Gasteiger partial charge on any atom is 0.220 e. The summed E-state index contributed by atoms with van der Waals surface area (Å²) >= 11 is 3.37. The second-order valence-corrected chi connectivity index (χ2v) is 5.03. The van der Waals surface area contributed by atoms with E-state index in [1.165, 1.54) is 0 Å². The Hall–Kier alpha value is -0.870. The van der Waals surface area contributed by atoms with Crippen LogP contribution in [-0.4, -0.2) is 23.7 Å². The van der Waals surface area contributed by atoms with E-state index in [9.17, 15) is 4.79 Å². The topological polar surface area (TPSA) is 49.3 Å². The maximum atomic E-state index is 11.5. The van der Waals surface area contributed by atoms with Crippen molar-refractivity contribution in [3.63, 3.8) is 0 Å². The summed E-state index contributed by atoms with van der Waals surface area (Å²) in [7, 11) is 0. The lowest BCUT2D eigenvalue weighted by Crippen LogP contribution is -2.26. The molecule has 4 heteroatoms. The fraction of sp³-hybridized carbons (Fsp3) is 0.462. The third kappa shape index (κ3) is 6.44. The molecular formula is C13H18BrNO2. The third-order valence-electron chi connectivity index (χ3n) is 2.44. The van der Waals surface area contributed by atoms with Crippen LogP contribution in [0.5, 0.6) is 0 Å². The molecule has 0 saturated carbocycles. The van der Waals surface area contributed by atoms with Crippen LogP contribution in [0.25, 0.3) is 0 Å². The second-order valence-electron chi connectivity index (χ2n) is 4.11. The van der Waals surface area contributed by atoms with Gasteiger partial charge in [0.15, 0.2) is 0 Å². The van der Waals surface area contributed by atoms with Crippen LogP contribution in [0.4, 0.5) is 0 Å². The first-order valence-electron chi connectivity index (χ1n) is 5.77. The number of rotatable bonds is 6. The Bertz CT molecular complexity index is 349. The minimum Gasteiger partial charge on any atom is -0.393 e. The highest BCUT2D eigenvalue weighted by Gasteiger charge is 2.02. The Morgan fingerprint density at radius 1 is 1.41 bits per heavy atom. The number of hydrogen-bond donors (Lipinski definition) is 2. The molecule has 1 atom stereocenters. The van der Waals surface area contributed by atoms with Gasteiger partial charge < -0.3 is 10.4 Å². The zero-order valence-electron chi connectivity index (χ0n) is 9.95. The van der Waals surface area contributed by atoms with Crippen molar-refractivity contribution < 1.29 is 9.90 Å². The first kappa shape index (κ1) is 14.2. The van der Waals surface area contributed by atoms with Crippen LogP contribution >= 0.6 is 15.9 Å². The van der Waals surface area contributed by atoms with Crippen LogP contribution in [0.2, 0.25) is 0 Å². The molecule has 0 aliphatic rings. The van der Waals surface area contributed by atoms with E-state index in [0.29, 0.717) is 19.4 Å². The van der Waals surface area contributed by atoms with Crippen LogP contribution in [0.1, 0.15) is 25.3 Å². The van der Waals surface area contributed by atoms with Gasteiger partial charge in [-0.1, -0.05) is 28.1 Å². The molecular weight excluding hydrogens is 282 g/mol. The van der Waals surface area contributed by atoms with E-state index in [2.05, 4.69) is 21.2 Å². The summed E-state index contributed by atoms with van der Waals surface area (Å²) in [5.74, 6) is 0.0357. The van der Waals surface area contributed by atoms with Gasteiger partial charge in [-0.2, -0.15) is 0 Å². The average Bonchev–Trinajstić information content (AvgIpc) is 2.28. The third-order valence-corrected chi connectivity index (χ3v) is 2.97.